The molecule has 0 atom stereocenters. The molecule has 80 valence electrons. The van der Waals surface area contributed by atoms with Crippen molar-refractivity contribution in [1.82, 2.24) is 0 Å². The molecule has 0 spiro atoms. The van der Waals surface area contributed by atoms with E-state index in [-0.39, 0.29) is 0 Å². The fourth-order valence-corrected chi connectivity index (χ4v) is 0.901. The number of aliphatic imine (C=N–C) groups is 1. The number of hydrogen-bond donors (Lipinski definition) is 0. The number of isocyanates is 1. The van der Waals surface area contributed by atoms with Crippen molar-refractivity contribution in [1.29, 1.82) is 0 Å². The molecule has 0 radical (unpaired) electrons. The lowest BCUT2D eigenvalue weighted by Gasteiger charge is -2.04. The summed E-state index contributed by atoms with van der Waals surface area (Å²) in [5, 5.41) is 0. The monoisotopic (exact) mass is 223 g/mol. The third-order valence-electron chi connectivity index (χ3n) is 1.60. The Kier molecular flexibility index (Phi) is 3.16. The average Bonchev–Trinajstić information content (AvgIpc) is 2.24. The minimum atomic E-state index is -2.25. The van der Waals surface area contributed by atoms with E-state index in [9.17, 15) is 26.7 Å². The van der Waals surface area contributed by atoms with Gasteiger partial charge in [-0.3, -0.25) is 0 Å². The summed E-state index contributed by atoms with van der Waals surface area (Å²) < 4.78 is 63.2. The lowest BCUT2D eigenvalue weighted by Crippen LogP contribution is -2.06. The topological polar surface area (TPSA) is 29.4 Å². The van der Waals surface area contributed by atoms with Crippen LogP contribution in [0, 0.1) is 29.1 Å². The van der Waals surface area contributed by atoms with E-state index in [4.69, 9.17) is 0 Å². The smallest absolute Gasteiger partial charge is 0.211 e. The van der Waals surface area contributed by atoms with E-state index in [1.165, 1.54) is 0 Å². The van der Waals surface area contributed by atoms with Gasteiger partial charge in [-0.1, -0.05) is 0 Å². The highest BCUT2D eigenvalue weighted by atomic mass is 19.2. The lowest BCUT2D eigenvalue weighted by molar-refractivity contribution is 0.370. The van der Waals surface area contributed by atoms with E-state index in [0.717, 1.165) is 6.08 Å². The predicted octanol–water partition coefficient (Wildman–Crippen LogP) is 2.22. The van der Waals surface area contributed by atoms with Crippen molar-refractivity contribution in [2.45, 2.75) is 6.54 Å². The molecule has 0 aliphatic rings. The van der Waals surface area contributed by atoms with Gasteiger partial charge in [0.15, 0.2) is 23.3 Å². The number of halogens is 5. The van der Waals surface area contributed by atoms with E-state index >= 15 is 0 Å². The molecule has 0 aliphatic heterocycles. The molecular formula is C8H2F5NO. The Morgan fingerprint density at radius 3 is 1.67 bits per heavy atom. The third-order valence-corrected chi connectivity index (χ3v) is 1.60. The summed E-state index contributed by atoms with van der Waals surface area (Å²) in [7, 11) is 0. The van der Waals surface area contributed by atoms with Gasteiger partial charge in [0.25, 0.3) is 0 Å². The quantitative estimate of drug-likeness (QED) is 0.248. The Morgan fingerprint density at radius 2 is 1.27 bits per heavy atom. The fourth-order valence-electron chi connectivity index (χ4n) is 0.901. The highest BCUT2D eigenvalue weighted by Crippen LogP contribution is 2.23. The zero-order chi connectivity index (χ0) is 11.6. The van der Waals surface area contributed by atoms with Gasteiger partial charge in [0, 0.05) is 0 Å². The zero-order valence-electron chi connectivity index (χ0n) is 6.95. The standard InChI is InChI=1S/C8H2F5NO/c9-4-3(1-14-2-15)5(10)7(12)8(13)6(4)11/h1H2. The maximum absolute atomic E-state index is 12.8. The molecule has 15 heavy (non-hydrogen) atoms. The second-order valence-corrected chi connectivity index (χ2v) is 2.46. The van der Waals surface area contributed by atoms with Crippen molar-refractivity contribution >= 4 is 6.08 Å². The van der Waals surface area contributed by atoms with E-state index < -0.39 is 41.2 Å². The first-order chi connectivity index (χ1) is 7.00. The lowest BCUT2D eigenvalue weighted by atomic mass is 10.1. The molecule has 0 aliphatic carbocycles. The maximum atomic E-state index is 12.8. The van der Waals surface area contributed by atoms with Gasteiger partial charge in [0.05, 0.1) is 12.1 Å². The molecule has 7 heteroatoms. The second kappa shape index (κ2) is 4.18. The van der Waals surface area contributed by atoms with Gasteiger partial charge in [-0.25, -0.2) is 31.7 Å². The Hall–Kier alpha value is -1.75. The van der Waals surface area contributed by atoms with Crippen LogP contribution in [-0.4, -0.2) is 6.08 Å². The van der Waals surface area contributed by atoms with Crippen molar-refractivity contribution in [2.75, 3.05) is 0 Å². The summed E-state index contributed by atoms with van der Waals surface area (Å²) in [6.07, 6.45) is 0.927. The van der Waals surface area contributed by atoms with Crippen molar-refractivity contribution in [3.63, 3.8) is 0 Å². The number of benzene rings is 1. The number of rotatable bonds is 2. The third kappa shape index (κ3) is 1.87. The van der Waals surface area contributed by atoms with E-state index in [2.05, 4.69) is 4.99 Å². The summed E-state index contributed by atoms with van der Waals surface area (Å²) in [5.74, 6) is -10.4. The molecule has 1 aromatic rings. The molecule has 1 rings (SSSR count). The molecule has 0 fully saturated rings. The molecule has 0 saturated carbocycles. The van der Waals surface area contributed by atoms with E-state index in [0.29, 0.717) is 0 Å². The molecule has 0 bridgehead atoms. The van der Waals surface area contributed by atoms with Gasteiger partial charge >= 0.3 is 0 Å². The number of carbonyl (C=O) groups excluding carboxylic acids is 1. The Morgan fingerprint density at radius 1 is 0.867 bits per heavy atom. The van der Waals surface area contributed by atoms with Crippen LogP contribution in [0.3, 0.4) is 0 Å². The summed E-state index contributed by atoms with van der Waals surface area (Å²) in [4.78, 5) is 12.4. The van der Waals surface area contributed by atoms with Gasteiger partial charge in [-0.15, -0.1) is 0 Å². The number of hydrogen-bond acceptors (Lipinski definition) is 2. The summed E-state index contributed by atoms with van der Waals surface area (Å²) in [6.45, 7) is -0.949. The normalized spacial score (nSPS) is 9.93. The van der Waals surface area contributed by atoms with Crippen molar-refractivity contribution in [3.05, 3.63) is 34.6 Å². The summed E-state index contributed by atoms with van der Waals surface area (Å²) in [6, 6.07) is 0. The predicted molar refractivity (Wildman–Crippen MR) is 38.1 cm³/mol. The molecule has 2 nitrogen and oxygen atoms in total. The first kappa shape index (κ1) is 11.3. The van der Waals surface area contributed by atoms with Crippen LogP contribution in [0.2, 0.25) is 0 Å². The fraction of sp³-hybridized carbons (Fsp3) is 0.125. The average molecular weight is 223 g/mol. The highest BCUT2D eigenvalue weighted by Gasteiger charge is 2.25. The largest absolute Gasteiger partial charge is 0.235 e. The number of nitrogens with zero attached hydrogens (tertiary/aromatic N) is 1. The minimum absolute atomic E-state index is 0.927. The van der Waals surface area contributed by atoms with Gasteiger partial charge in [0.2, 0.25) is 11.9 Å². The first-order valence-electron chi connectivity index (χ1n) is 3.54. The molecule has 0 N–H and O–H groups in total. The molecule has 0 aromatic heterocycles. The van der Waals surface area contributed by atoms with Crippen molar-refractivity contribution in [3.8, 4) is 0 Å². The van der Waals surface area contributed by atoms with Crippen LogP contribution in [0.1, 0.15) is 5.56 Å². The van der Waals surface area contributed by atoms with Crippen LogP contribution < -0.4 is 0 Å². The summed E-state index contributed by atoms with van der Waals surface area (Å²) >= 11 is 0. The Bertz CT molecular complexity index is 424. The van der Waals surface area contributed by atoms with Crippen LogP contribution in [0.15, 0.2) is 4.99 Å². The molecule has 0 saturated heterocycles. The second-order valence-electron chi connectivity index (χ2n) is 2.46. The van der Waals surface area contributed by atoms with Crippen LogP contribution >= 0.6 is 0 Å². The SMILES string of the molecule is O=C=NCc1c(F)c(F)c(F)c(F)c1F. The Balaban J connectivity index is 3.44. The minimum Gasteiger partial charge on any atom is -0.211 e. The first-order valence-corrected chi connectivity index (χ1v) is 3.54. The van der Waals surface area contributed by atoms with Gasteiger partial charge in [0.1, 0.15) is 0 Å². The van der Waals surface area contributed by atoms with Crippen LogP contribution in [-0.2, 0) is 11.3 Å². The molecule has 1 aromatic carbocycles. The van der Waals surface area contributed by atoms with Gasteiger partial charge < -0.3 is 0 Å². The van der Waals surface area contributed by atoms with Crippen LogP contribution in [0.25, 0.3) is 0 Å². The van der Waals surface area contributed by atoms with Crippen molar-refractivity contribution in [2.24, 2.45) is 4.99 Å². The maximum Gasteiger partial charge on any atom is 0.235 e. The molecular weight excluding hydrogens is 221 g/mol. The van der Waals surface area contributed by atoms with Crippen LogP contribution in [0.4, 0.5) is 22.0 Å². The highest BCUT2D eigenvalue weighted by molar-refractivity contribution is 5.34. The van der Waals surface area contributed by atoms with Crippen molar-refractivity contribution < 1.29 is 26.7 Å². The van der Waals surface area contributed by atoms with E-state index in [1.807, 2.05) is 0 Å². The molecule has 0 unspecified atom stereocenters. The molecule has 0 heterocycles. The van der Waals surface area contributed by atoms with E-state index in [1.54, 1.807) is 0 Å². The van der Waals surface area contributed by atoms with Crippen LogP contribution in [0.5, 0.6) is 0 Å². The molecule has 0 amide bonds. The zero-order valence-corrected chi connectivity index (χ0v) is 6.95. The summed E-state index contributed by atoms with van der Waals surface area (Å²) in [5.41, 5.74) is -1.16. The van der Waals surface area contributed by atoms with Gasteiger partial charge in [-0.05, 0) is 0 Å². The van der Waals surface area contributed by atoms with Gasteiger partial charge in [-0.2, -0.15) is 0 Å². The Labute approximate surface area is 80.0 Å².